The van der Waals surface area contributed by atoms with E-state index in [4.69, 9.17) is 21.4 Å². The first-order valence-corrected chi connectivity index (χ1v) is 4.83. The number of halogens is 1. The smallest absolute Gasteiger partial charge is 0.413 e. The molecule has 0 spiro atoms. The average molecular weight is 244 g/mol. The molecule has 0 aliphatic carbocycles. The number of carbonyl (C=O) groups is 2. The minimum Gasteiger partial charge on any atom is -0.480 e. The summed E-state index contributed by atoms with van der Waals surface area (Å²) in [6, 6.07) is 5.23. The Bertz CT molecular complexity index is 408. The zero-order valence-electron chi connectivity index (χ0n) is 8.44. The molecule has 5 nitrogen and oxygen atoms in total. The third kappa shape index (κ3) is 3.78. The summed E-state index contributed by atoms with van der Waals surface area (Å²) in [5, 5.41) is 11.1. The Labute approximate surface area is 97.0 Å². The van der Waals surface area contributed by atoms with Crippen molar-refractivity contribution in [1.82, 2.24) is 5.32 Å². The molecule has 86 valence electrons. The number of nitrogens with one attached hydrogen (secondary N) is 1. The lowest BCUT2D eigenvalue weighted by Gasteiger charge is -2.09. The molecule has 1 rings (SSSR count). The molecule has 0 aliphatic rings. The quantitative estimate of drug-likeness (QED) is 0.850. The largest absolute Gasteiger partial charge is 0.480 e. The van der Waals surface area contributed by atoms with Gasteiger partial charge in [0.15, 0.2) is 0 Å². The van der Waals surface area contributed by atoms with E-state index >= 15 is 0 Å². The monoisotopic (exact) mass is 243 g/mol. The highest BCUT2D eigenvalue weighted by molar-refractivity contribution is 6.30. The molecule has 0 saturated heterocycles. The number of hydrogen-bond acceptors (Lipinski definition) is 3. The number of carboxylic acids is 1. The van der Waals surface area contributed by atoms with Gasteiger partial charge < -0.3 is 15.2 Å². The van der Waals surface area contributed by atoms with Gasteiger partial charge in [0.1, 0.15) is 11.8 Å². The normalized spacial score (nSPS) is 11.6. The predicted molar refractivity (Wildman–Crippen MR) is 57.7 cm³/mol. The highest BCUT2D eigenvalue weighted by Crippen LogP contribution is 2.17. The van der Waals surface area contributed by atoms with Crippen LogP contribution < -0.4 is 10.1 Å². The summed E-state index contributed by atoms with van der Waals surface area (Å²) in [5.74, 6) is -0.884. The van der Waals surface area contributed by atoms with Crippen LogP contribution in [0.4, 0.5) is 4.79 Å². The lowest BCUT2D eigenvalue weighted by molar-refractivity contribution is -0.138. The van der Waals surface area contributed by atoms with Gasteiger partial charge in [-0.25, -0.2) is 4.79 Å². The molecule has 0 aromatic heterocycles. The van der Waals surface area contributed by atoms with E-state index in [9.17, 15) is 9.59 Å². The van der Waals surface area contributed by atoms with Crippen LogP contribution in [0.5, 0.6) is 5.75 Å². The van der Waals surface area contributed by atoms with Crippen molar-refractivity contribution in [3.05, 3.63) is 29.3 Å². The average Bonchev–Trinajstić information content (AvgIpc) is 2.16. The first kappa shape index (κ1) is 12.3. The van der Waals surface area contributed by atoms with E-state index in [1.807, 2.05) is 0 Å². The van der Waals surface area contributed by atoms with Gasteiger partial charge in [0.25, 0.3) is 0 Å². The van der Waals surface area contributed by atoms with E-state index in [-0.39, 0.29) is 5.75 Å². The Morgan fingerprint density at radius 1 is 1.50 bits per heavy atom. The molecule has 16 heavy (non-hydrogen) atoms. The van der Waals surface area contributed by atoms with Crippen LogP contribution in [0.3, 0.4) is 0 Å². The summed E-state index contributed by atoms with van der Waals surface area (Å²) < 4.78 is 4.82. The predicted octanol–water partition coefficient (Wildman–Crippen LogP) is 1.90. The summed E-state index contributed by atoms with van der Waals surface area (Å²) in [6.45, 7) is 1.33. The van der Waals surface area contributed by atoms with E-state index < -0.39 is 18.1 Å². The number of benzene rings is 1. The van der Waals surface area contributed by atoms with Gasteiger partial charge in [-0.15, -0.1) is 0 Å². The molecule has 0 saturated carbocycles. The molecule has 1 aromatic carbocycles. The minimum atomic E-state index is -1.14. The third-order valence-electron chi connectivity index (χ3n) is 1.71. The molecular weight excluding hydrogens is 234 g/mol. The lowest BCUT2D eigenvalue weighted by atomic mass is 10.3. The summed E-state index contributed by atoms with van der Waals surface area (Å²) in [4.78, 5) is 21.6. The van der Waals surface area contributed by atoms with Crippen LogP contribution in [0.2, 0.25) is 5.02 Å². The van der Waals surface area contributed by atoms with E-state index in [1.165, 1.54) is 19.1 Å². The number of amides is 1. The highest BCUT2D eigenvalue weighted by Gasteiger charge is 2.15. The Morgan fingerprint density at radius 3 is 2.75 bits per heavy atom. The van der Waals surface area contributed by atoms with Crippen LogP contribution in [0.25, 0.3) is 0 Å². The van der Waals surface area contributed by atoms with Crippen molar-refractivity contribution in [3.8, 4) is 5.75 Å². The molecule has 0 fully saturated rings. The Balaban J connectivity index is 2.55. The van der Waals surface area contributed by atoms with Crippen LogP contribution in [0, 0.1) is 0 Å². The molecule has 0 aliphatic heterocycles. The number of ether oxygens (including phenoxy) is 1. The number of carbonyl (C=O) groups excluding carboxylic acids is 1. The molecule has 0 heterocycles. The summed E-state index contributed by atoms with van der Waals surface area (Å²) in [5.41, 5.74) is 0. The Morgan fingerprint density at radius 2 is 2.19 bits per heavy atom. The van der Waals surface area contributed by atoms with Crippen molar-refractivity contribution >= 4 is 23.7 Å². The van der Waals surface area contributed by atoms with Crippen LogP contribution in [-0.4, -0.2) is 23.2 Å². The molecule has 6 heteroatoms. The zero-order chi connectivity index (χ0) is 12.1. The zero-order valence-corrected chi connectivity index (χ0v) is 9.19. The van der Waals surface area contributed by atoms with E-state index in [0.717, 1.165) is 0 Å². The van der Waals surface area contributed by atoms with Crippen molar-refractivity contribution in [2.75, 3.05) is 0 Å². The molecule has 1 unspecified atom stereocenters. The number of rotatable bonds is 3. The standard InChI is InChI=1S/C10H10ClNO4/c1-6(9(13)14)12-10(15)16-8-4-2-3-7(11)5-8/h2-6H,1H3,(H,12,15)(H,13,14). The van der Waals surface area contributed by atoms with Gasteiger partial charge in [0.2, 0.25) is 0 Å². The molecule has 0 bridgehead atoms. The summed E-state index contributed by atoms with van der Waals surface area (Å²) >= 11 is 5.68. The van der Waals surface area contributed by atoms with Crippen LogP contribution >= 0.6 is 11.6 Å². The molecule has 1 atom stereocenters. The van der Waals surface area contributed by atoms with Crippen LogP contribution in [0.1, 0.15) is 6.92 Å². The SMILES string of the molecule is CC(NC(=O)Oc1cccc(Cl)c1)C(=O)O. The second-order valence-electron chi connectivity index (χ2n) is 3.05. The highest BCUT2D eigenvalue weighted by atomic mass is 35.5. The van der Waals surface area contributed by atoms with Crippen molar-refractivity contribution < 1.29 is 19.4 Å². The molecule has 0 radical (unpaired) electrons. The number of aliphatic carboxylic acids is 1. The number of carboxylic acid groups (broad SMARTS) is 1. The topological polar surface area (TPSA) is 75.6 Å². The Kier molecular flexibility index (Phi) is 4.13. The fourth-order valence-corrected chi connectivity index (χ4v) is 1.09. The second-order valence-corrected chi connectivity index (χ2v) is 3.49. The maximum Gasteiger partial charge on any atom is 0.413 e. The first-order chi connectivity index (χ1) is 7.49. The summed E-state index contributed by atoms with van der Waals surface area (Å²) in [6.07, 6.45) is -0.836. The maximum absolute atomic E-state index is 11.2. The van der Waals surface area contributed by atoms with E-state index in [2.05, 4.69) is 5.32 Å². The molecule has 2 N–H and O–H groups in total. The van der Waals surface area contributed by atoms with Gasteiger partial charge >= 0.3 is 12.1 Å². The van der Waals surface area contributed by atoms with Gasteiger partial charge in [-0.1, -0.05) is 17.7 Å². The third-order valence-corrected chi connectivity index (χ3v) is 1.95. The maximum atomic E-state index is 11.2. The van der Waals surface area contributed by atoms with Gasteiger partial charge in [0.05, 0.1) is 0 Å². The fraction of sp³-hybridized carbons (Fsp3) is 0.200. The second kappa shape index (κ2) is 5.37. The van der Waals surface area contributed by atoms with Crippen LogP contribution in [-0.2, 0) is 4.79 Å². The lowest BCUT2D eigenvalue weighted by Crippen LogP contribution is -2.39. The van der Waals surface area contributed by atoms with Gasteiger partial charge in [-0.05, 0) is 25.1 Å². The van der Waals surface area contributed by atoms with Crippen molar-refractivity contribution in [1.29, 1.82) is 0 Å². The first-order valence-electron chi connectivity index (χ1n) is 4.46. The van der Waals surface area contributed by atoms with Gasteiger partial charge in [0, 0.05) is 5.02 Å². The fourth-order valence-electron chi connectivity index (χ4n) is 0.906. The van der Waals surface area contributed by atoms with Gasteiger partial charge in [-0.2, -0.15) is 0 Å². The Hall–Kier alpha value is -1.75. The van der Waals surface area contributed by atoms with Gasteiger partial charge in [-0.3, -0.25) is 4.79 Å². The van der Waals surface area contributed by atoms with Crippen molar-refractivity contribution in [3.63, 3.8) is 0 Å². The number of hydrogen-bond donors (Lipinski definition) is 2. The molecule has 1 amide bonds. The minimum absolute atomic E-state index is 0.252. The summed E-state index contributed by atoms with van der Waals surface area (Å²) in [7, 11) is 0. The van der Waals surface area contributed by atoms with Crippen molar-refractivity contribution in [2.24, 2.45) is 0 Å². The van der Waals surface area contributed by atoms with E-state index in [0.29, 0.717) is 5.02 Å². The van der Waals surface area contributed by atoms with Crippen molar-refractivity contribution in [2.45, 2.75) is 13.0 Å². The van der Waals surface area contributed by atoms with E-state index in [1.54, 1.807) is 12.1 Å². The molecule has 1 aromatic rings. The molecular formula is C10H10ClNO4. The van der Waals surface area contributed by atoms with Crippen LogP contribution in [0.15, 0.2) is 24.3 Å².